The fraction of sp³-hybridized carbons (Fsp3) is 1.00. The van der Waals surface area contributed by atoms with Crippen LogP contribution in [0.5, 0.6) is 0 Å². The van der Waals surface area contributed by atoms with Crippen LogP contribution in [-0.2, 0) is 4.74 Å². The lowest BCUT2D eigenvalue weighted by atomic mass is 10.2. The number of ether oxygens (including phenoxy) is 1. The molecule has 0 spiro atoms. The van der Waals surface area contributed by atoms with Crippen LogP contribution in [0.4, 0.5) is 0 Å². The normalized spacial score (nSPS) is 26.0. The van der Waals surface area contributed by atoms with E-state index >= 15 is 0 Å². The Balaban J connectivity index is 1.99. The zero-order valence-electron chi connectivity index (χ0n) is 8.10. The highest BCUT2D eigenvalue weighted by Crippen LogP contribution is 2.10. The van der Waals surface area contributed by atoms with Gasteiger partial charge >= 0.3 is 0 Å². The summed E-state index contributed by atoms with van der Waals surface area (Å²) in [6.45, 7) is 5.16. The van der Waals surface area contributed by atoms with Gasteiger partial charge in [0, 0.05) is 25.7 Å². The third kappa shape index (κ3) is 3.52. The minimum absolute atomic E-state index is 0.462. The van der Waals surface area contributed by atoms with Crippen molar-refractivity contribution in [1.29, 1.82) is 0 Å². The SMILES string of the molecule is CNCC(C)NC[C@H]1CCCO1. The van der Waals surface area contributed by atoms with Gasteiger partial charge in [-0.3, -0.25) is 0 Å². The van der Waals surface area contributed by atoms with Crippen LogP contribution in [0.1, 0.15) is 19.8 Å². The van der Waals surface area contributed by atoms with Crippen LogP contribution in [-0.4, -0.2) is 38.9 Å². The van der Waals surface area contributed by atoms with Gasteiger partial charge in [0.05, 0.1) is 6.10 Å². The number of rotatable bonds is 5. The number of likely N-dealkylation sites (N-methyl/N-ethyl adjacent to an activating group) is 1. The molecule has 1 aliphatic rings. The van der Waals surface area contributed by atoms with Crippen molar-refractivity contribution in [2.45, 2.75) is 31.9 Å². The lowest BCUT2D eigenvalue weighted by Gasteiger charge is -2.16. The van der Waals surface area contributed by atoms with Gasteiger partial charge in [-0.15, -0.1) is 0 Å². The Labute approximate surface area is 74.9 Å². The summed E-state index contributed by atoms with van der Waals surface area (Å²) in [7, 11) is 1.98. The van der Waals surface area contributed by atoms with E-state index in [1.54, 1.807) is 0 Å². The summed E-state index contributed by atoms with van der Waals surface area (Å²) < 4.78 is 5.50. The topological polar surface area (TPSA) is 33.3 Å². The largest absolute Gasteiger partial charge is 0.377 e. The van der Waals surface area contributed by atoms with Gasteiger partial charge in [-0.2, -0.15) is 0 Å². The molecule has 0 amide bonds. The highest BCUT2D eigenvalue weighted by Gasteiger charge is 2.15. The van der Waals surface area contributed by atoms with Gasteiger partial charge in [0.2, 0.25) is 0 Å². The first-order valence-electron chi connectivity index (χ1n) is 4.82. The Hall–Kier alpha value is -0.120. The van der Waals surface area contributed by atoms with Crippen LogP contribution in [0.25, 0.3) is 0 Å². The third-order valence-corrected chi connectivity index (χ3v) is 2.23. The molecule has 1 saturated heterocycles. The van der Waals surface area contributed by atoms with Crippen molar-refractivity contribution in [3.63, 3.8) is 0 Å². The smallest absolute Gasteiger partial charge is 0.0700 e. The summed E-state index contributed by atoms with van der Waals surface area (Å²) >= 11 is 0. The van der Waals surface area contributed by atoms with Crippen LogP contribution >= 0.6 is 0 Å². The summed E-state index contributed by atoms with van der Waals surface area (Å²) in [4.78, 5) is 0. The predicted molar refractivity (Wildman–Crippen MR) is 50.4 cm³/mol. The van der Waals surface area contributed by atoms with Crippen LogP contribution in [0.3, 0.4) is 0 Å². The molecule has 72 valence electrons. The average molecular weight is 172 g/mol. The number of nitrogens with one attached hydrogen (secondary N) is 2. The van der Waals surface area contributed by atoms with Crippen LogP contribution < -0.4 is 10.6 Å². The zero-order chi connectivity index (χ0) is 8.81. The van der Waals surface area contributed by atoms with Gasteiger partial charge in [-0.25, -0.2) is 0 Å². The minimum Gasteiger partial charge on any atom is -0.377 e. The summed E-state index contributed by atoms with van der Waals surface area (Å²) in [6.07, 6.45) is 2.91. The molecule has 0 aromatic carbocycles. The van der Waals surface area contributed by atoms with E-state index in [2.05, 4.69) is 17.6 Å². The molecule has 2 N–H and O–H groups in total. The van der Waals surface area contributed by atoms with Crippen LogP contribution in [0, 0.1) is 0 Å². The second kappa shape index (κ2) is 5.51. The molecule has 0 radical (unpaired) electrons. The second-order valence-corrected chi connectivity index (χ2v) is 3.50. The fourth-order valence-corrected chi connectivity index (χ4v) is 1.52. The summed E-state index contributed by atoms with van der Waals surface area (Å²) in [5.41, 5.74) is 0. The summed E-state index contributed by atoms with van der Waals surface area (Å²) in [6, 6.07) is 0.541. The second-order valence-electron chi connectivity index (χ2n) is 3.50. The molecule has 0 aromatic heterocycles. The highest BCUT2D eigenvalue weighted by atomic mass is 16.5. The third-order valence-electron chi connectivity index (χ3n) is 2.23. The first-order chi connectivity index (χ1) is 5.83. The molecule has 0 bridgehead atoms. The van der Waals surface area contributed by atoms with Crippen molar-refractivity contribution < 1.29 is 4.74 Å². The standard InChI is InChI=1S/C9H20N2O/c1-8(6-10-2)11-7-9-4-3-5-12-9/h8-11H,3-7H2,1-2H3/t8?,9-/m1/s1. The monoisotopic (exact) mass is 172 g/mol. The van der Waals surface area contributed by atoms with E-state index < -0.39 is 0 Å². The molecule has 2 atom stereocenters. The van der Waals surface area contributed by atoms with E-state index in [1.165, 1.54) is 12.8 Å². The Bertz CT molecular complexity index is 113. The minimum atomic E-state index is 0.462. The van der Waals surface area contributed by atoms with Crippen molar-refractivity contribution in [3.05, 3.63) is 0 Å². The molecular weight excluding hydrogens is 152 g/mol. The van der Waals surface area contributed by atoms with Gasteiger partial charge in [-0.05, 0) is 26.8 Å². The maximum atomic E-state index is 5.50. The Morgan fingerprint density at radius 3 is 3.00 bits per heavy atom. The van der Waals surface area contributed by atoms with Crippen molar-refractivity contribution >= 4 is 0 Å². The van der Waals surface area contributed by atoms with E-state index in [9.17, 15) is 0 Å². The molecular formula is C9H20N2O. The van der Waals surface area contributed by atoms with Crippen molar-refractivity contribution in [1.82, 2.24) is 10.6 Å². The molecule has 1 heterocycles. The first-order valence-corrected chi connectivity index (χ1v) is 4.82. The van der Waals surface area contributed by atoms with E-state index in [4.69, 9.17) is 4.74 Å². The van der Waals surface area contributed by atoms with Gasteiger partial charge < -0.3 is 15.4 Å². The Kier molecular flexibility index (Phi) is 4.58. The molecule has 0 aliphatic carbocycles. The first kappa shape index (κ1) is 9.96. The predicted octanol–water partition coefficient (Wildman–Crippen LogP) is 0.363. The maximum Gasteiger partial charge on any atom is 0.0700 e. The van der Waals surface area contributed by atoms with Crippen LogP contribution in [0.2, 0.25) is 0 Å². The van der Waals surface area contributed by atoms with Gasteiger partial charge in [0.25, 0.3) is 0 Å². The van der Waals surface area contributed by atoms with Gasteiger partial charge in [0.15, 0.2) is 0 Å². The quantitative estimate of drug-likeness (QED) is 0.628. The van der Waals surface area contributed by atoms with Crippen molar-refractivity contribution in [3.8, 4) is 0 Å². The molecule has 1 unspecified atom stereocenters. The molecule has 1 rings (SSSR count). The maximum absolute atomic E-state index is 5.50. The highest BCUT2D eigenvalue weighted by molar-refractivity contribution is 4.70. The summed E-state index contributed by atoms with van der Waals surface area (Å²) in [5, 5.41) is 6.58. The summed E-state index contributed by atoms with van der Waals surface area (Å²) in [5.74, 6) is 0. The van der Waals surface area contributed by atoms with Crippen molar-refractivity contribution in [2.24, 2.45) is 0 Å². The lowest BCUT2D eigenvalue weighted by Crippen LogP contribution is -2.39. The van der Waals surface area contributed by atoms with Gasteiger partial charge in [0.1, 0.15) is 0 Å². The molecule has 0 aromatic rings. The van der Waals surface area contributed by atoms with E-state index in [-0.39, 0.29) is 0 Å². The zero-order valence-corrected chi connectivity index (χ0v) is 8.10. The Morgan fingerprint density at radius 1 is 1.58 bits per heavy atom. The van der Waals surface area contributed by atoms with E-state index in [1.807, 2.05) is 7.05 Å². The van der Waals surface area contributed by atoms with Crippen molar-refractivity contribution in [2.75, 3.05) is 26.7 Å². The number of hydrogen-bond donors (Lipinski definition) is 2. The molecule has 3 nitrogen and oxygen atoms in total. The average Bonchev–Trinajstić information content (AvgIpc) is 2.53. The Morgan fingerprint density at radius 2 is 2.42 bits per heavy atom. The molecule has 1 aliphatic heterocycles. The fourth-order valence-electron chi connectivity index (χ4n) is 1.52. The van der Waals surface area contributed by atoms with Gasteiger partial charge in [-0.1, -0.05) is 0 Å². The van der Waals surface area contributed by atoms with E-state index in [0.717, 1.165) is 19.7 Å². The molecule has 1 fully saturated rings. The van der Waals surface area contributed by atoms with Crippen LogP contribution in [0.15, 0.2) is 0 Å². The molecule has 0 saturated carbocycles. The van der Waals surface area contributed by atoms with E-state index in [0.29, 0.717) is 12.1 Å². The molecule has 3 heteroatoms. The molecule has 12 heavy (non-hydrogen) atoms. The number of hydrogen-bond acceptors (Lipinski definition) is 3. The lowest BCUT2D eigenvalue weighted by molar-refractivity contribution is 0.108.